The molecule has 0 bridgehead atoms. The van der Waals surface area contributed by atoms with Crippen LogP contribution in [0.25, 0.3) is 0 Å². The van der Waals surface area contributed by atoms with Crippen molar-refractivity contribution in [3.8, 4) is 6.07 Å². The van der Waals surface area contributed by atoms with Gasteiger partial charge < -0.3 is 4.74 Å². The number of benzene rings is 1. The van der Waals surface area contributed by atoms with Crippen LogP contribution in [0.3, 0.4) is 0 Å². The van der Waals surface area contributed by atoms with E-state index in [9.17, 15) is 31.1 Å². The Morgan fingerprint density at radius 1 is 1.24 bits per heavy atom. The second-order valence-corrected chi connectivity index (χ2v) is 4.59. The standard InChI is InChI=1S/C11H5F6NO2S/c1-20-9(19)7-6(10(12,13)14)3-2-5(4-18)8(7)21-11(15,16)17/h2-3H,1H3. The highest BCUT2D eigenvalue weighted by atomic mass is 32.2. The first-order chi connectivity index (χ1) is 9.51. The van der Waals surface area contributed by atoms with E-state index in [-0.39, 0.29) is 0 Å². The van der Waals surface area contributed by atoms with Gasteiger partial charge in [0.15, 0.2) is 0 Å². The zero-order valence-electron chi connectivity index (χ0n) is 10.1. The Bertz CT molecular complexity index is 602. The molecule has 10 heteroatoms. The molecule has 0 unspecified atom stereocenters. The lowest BCUT2D eigenvalue weighted by Gasteiger charge is -2.17. The lowest BCUT2D eigenvalue weighted by atomic mass is 10.0. The van der Waals surface area contributed by atoms with E-state index in [0.717, 1.165) is 7.11 Å². The minimum Gasteiger partial charge on any atom is -0.465 e. The van der Waals surface area contributed by atoms with Gasteiger partial charge in [-0.1, -0.05) is 0 Å². The van der Waals surface area contributed by atoms with Gasteiger partial charge in [-0.15, -0.1) is 0 Å². The average Bonchev–Trinajstić information content (AvgIpc) is 2.34. The van der Waals surface area contributed by atoms with E-state index in [4.69, 9.17) is 5.26 Å². The first-order valence-corrected chi connectivity index (χ1v) is 5.81. The maximum Gasteiger partial charge on any atom is 0.446 e. The molecule has 0 N–H and O–H groups in total. The van der Waals surface area contributed by atoms with Crippen molar-refractivity contribution in [3.05, 3.63) is 28.8 Å². The largest absolute Gasteiger partial charge is 0.465 e. The molecule has 0 atom stereocenters. The third-order valence-electron chi connectivity index (χ3n) is 2.19. The maximum absolute atomic E-state index is 12.8. The highest BCUT2D eigenvalue weighted by Crippen LogP contribution is 2.44. The number of carbonyl (C=O) groups is 1. The number of esters is 1. The monoisotopic (exact) mass is 329 g/mol. The molecule has 0 saturated carbocycles. The first-order valence-electron chi connectivity index (χ1n) is 4.99. The van der Waals surface area contributed by atoms with Gasteiger partial charge in [-0.05, 0) is 23.9 Å². The van der Waals surface area contributed by atoms with Crippen LogP contribution in [0, 0.1) is 11.3 Å². The highest BCUT2D eigenvalue weighted by molar-refractivity contribution is 8.00. The van der Waals surface area contributed by atoms with Crippen LogP contribution in [0.4, 0.5) is 26.3 Å². The molecule has 21 heavy (non-hydrogen) atoms. The summed E-state index contributed by atoms with van der Waals surface area (Å²) in [5.41, 5.74) is -8.60. The van der Waals surface area contributed by atoms with E-state index in [1.54, 1.807) is 0 Å². The molecule has 0 radical (unpaired) electrons. The van der Waals surface area contributed by atoms with Crippen LogP contribution in [-0.2, 0) is 10.9 Å². The predicted octanol–water partition coefficient (Wildman–Crippen LogP) is 3.98. The van der Waals surface area contributed by atoms with Gasteiger partial charge in [-0.25, -0.2) is 4.79 Å². The summed E-state index contributed by atoms with van der Waals surface area (Å²) in [6, 6.07) is 2.26. The predicted molar refractivity (Wildman–Crippen MR) is 59.4 cm³/mol. The number of carbonyl (C=O) groups excluding carboxylic acids is 1. The van der Waals surface area contributed by atoms with Gasteiger partial charge in [-0.2, -0.15) is 31.6 Å². The topological polar surface area (TPSA) is 50.1 Å². The number of hydrogen-bond donors (Lipinski definition) is 0. The lowest BCUT2D eigenvalue weighted by molar-refractivity contribution is -0.138. The Morgan fingerprint density at radius 2 is 1.81 bits per heavy atom. The van der Waals surface area contributed by atoms with Crippen molar-refractivity contribution >= 4 is 17.7 Å². The molecule has 1 rings (SSSR count). The quantitative estimate of drug-likeness (QED) is 0.468. The van der Waals surface area contributed by atoms with Crippen molar-refractivity contribution in [1.82, 2.24) is 0 Å². The Kier molecular flexibility index (Phi) is 4.78. The Balaban J connectivity index is 3.71. The van der Waals surface area contributed by atoms with E-state index in [1.165, 1.54) is 6.07 Å². The number of nitrogens with zero attached hydrogens (tertiary/aromatic N) is 1. The Labute approximate surface area is 118 Å². The molecule has 0 saturated heterocycles. The van der Waals surface area contributed by atoms with Gasteiger partial charge >= 0.3 is 17.7 Å². The molecular weight excluding hydrogens is 324 g/mol. The van der Waals surface area contributed by atoms with Gasteiger partial charge in [0.25, 0.3) is 0 Å². The molecule has 0 aromatic heterocycles. The third-order valence-corrected chi connectivity index (χ3v) is 3.05. The summed E-state index contributed by atoms with van der Waals surface area (Å²) in [5, 5.41) is 8.72. The number of methoxy groups -OCH3 is 1. The van der Waals surface area contributed by atoms with Gasteiger partial charge in [0.2, 0.25) is 0 Å². The second kappa shape index (κ2) is 5.85. The smallest absolute Gasteiger partial charge is 0.446 e. The summed E-state index contributed by atoms with van der Waals surface area (Å²) >= 11 is -0.971. The maximum atomic E-state index is 12.8. The SMILES string of the molecule is COC(=O)c1c(C(F)(F)F)ccc(C#N)c1SC(F)(F)F. The van der Waals surface area contributed by atoms with E-state index < -0.39 is 51.0 Å². The van der Waals surface area contributed by atoms with Crippen molar-refractivity contribution < 1.29 is 35.9 Å². The number of nitriles is 1. The summed E-state index contributed by atoms with van der Waals surface area (Å²) in [4.78, 5) is 10.3. The van der Waals surface area contributed by atoms with Crippen LogP contribution in [-0.4, -0.2) is 18.6 Å². The van der Waals surface area contributed by atoms with Crippen LogP contribution in [0.1, 0.15) is 21.5 Å². The minimum atomic E-state index is -5.07. The van der Waals surface area contributed by atoms with Crippen molar-refractivity contribution in [2.24, 2.45) is 0 Å². The second-order valence-electron chi connectivity index (χ2n) is 3.51. The van der Waals surface area contributed by atoms with Crippen LogP contribution in [0.5, 0.6) is 0 Å². The summed E-state index contributed by atoms with van der Waals surface area (Å²) < 4.78 is 79.9. The van der Waals surface area contributed by atoms with Crippen molar-refractivity contribution in [3.63, 3.8) is 0 Å². The van der Waals surface area contributed by atoms with Crippen LogP contribution in [0.2, 0.25) is 0 Å². The van der Waals surface area contributed by atoms with Gasteiger partial charge in [0.05, 0.1) is 23.8 Å². The number of hydrogen-bond acceptors (Lipinski definition) is 4. The number of alkyl halides is 6. The highest BCUT2D eigenvalue weighted by Gasteiger charge is 2.41. The van der Waals surface area contributed by atoms with Crippen molar-refractivity contribution in [2.45, 2.75) is 16.6 Å². The van der Waals surface area contributed by atoms with Gasteiger partial charge in [0, 0.05) is 4.90 Å². The Hall–Kier alpha value is -1.89. The Morgan fingerprint density at radius 3 is 2.19 bits per heavy atom. The van der Waals surface area contributed by atoms with Crippen LogP contribution < -0.4 is 0 Å². The van der Waals surface area contributed by atoms with Crippen molar-refractivity contribution in [2.75, 3.05) is 7.11 Å². The molecule has 0 aliphatic carbocycles. The van der Waals surface area contributed by atoms with E-state index >= 15 is 0 Å². The fraction of sp³-hybridized carbons (Fsp3) is 0.273. The molecule has 3 nitrogen and oxygen atoms in total. The van der Waals surface area contributed by atoms with Gasteiger partial charge in [-0.3, -0.25) is 0 Å². The van der Waals surface area contributed by atoms with Crippen LogP contribution >= 0.6 is 11.8 Å². The number of halogens is 6. The number of ether oxygens (including phenoxy) is 1. The minimum absolute atomic E-state index is 0.366. The molecule has 114 valence electrons. The molecule has 0 fully saturated rings. The normalized spacial score (nSPS) is 11.9. The molecule has 0 heterocycles. The molecule has 1 aromatic rings. The number of thioether (sulfide) groups is 1. The molecular formula is C11H5F6NO2S. The summed E-state index contributed by atoms with van der Waals surface area (Å²) in [5.74, 6) is -1.61. The first kappa shape index (κ1) is 17.2. The molecule has 0 aliphatic heterocycles. The molecule has 1 aromatic carbocycles. The fourth-order valence-electron chi connectivity index (χ4n) is 1.43. The fourth-order valence-corrected chi connectivity index (χ4v) is 2.18. The summed E-state index contributed by atoms with van der Waals surface area (Å²) in [6.07, 6.45) is -5.07. The van der Waals surface area contributed by atoms with E-state index in [0.29, 0.717) is 12.1 Å². The van der Waals surface area contributed by atoms with Gasteiger partial charge in [0.1, 0.15) is 6.07 Å². The average molecular weight is 329 g/mol. The van der Waals surface area contributed by atoms with Crippen molar-refractivity contribution in [1.29, 1.82) is 5.26 Å². The molecule has 0 aliphatic rings. The zero-order valence-corrected chi connectivity index (χ0v) is 10.9. The van der Waals surface area contributed by atoms with E-state index in [2.05, 4.69) is 4.74 Å². The summed E-state index contributed by atoms with van der Waals surface area (Å²) in [6.45, 7) is 0. The molecule has 0 amide bonds. The van der Waals surface area contributed by atoms with Crippen LogP contribution in [0.15, 0.2) is 17.0 Å². The zero-order chi connectivity index (χ0) is 16.4. The third kappa shape index (κ3) is 4.04. The van der Waals surface area contributed by atoms with E-state index in [1.807, 2.05) is 0 Å². The molecule has 0 spiro atoms. The summed E-state index contributed by atoms with van der Waals surface area (Å²) in [7, 11) is 0.726. The number of rotatable bonds is 2. The lowest BCUT2D eigenvalue weighted by Crippen LogP contribution is -2.17.